The number of hydrogen-bond donors (Lipinski definition) is 2. The number of nitrogens with two attached hydrogens (primary N) is 1. The first-order valence-electron chi connectivity index (χ1n) is 8.37. The van der Waals surface area contributed by atoms with Crippen LogP contribution < -0.4 is 11.1 Å². The lowest BCUT2D eigenvalue weighted by Crippen LogP contribution is -2.42. The zero-order valence-electron chi connectivity index (χ0n) is 14.4. The van der Waals surface area contributed by atoms with Gasteiger partial charge in [0.2, 0.25) is 5.91 Å². The zero-order chi connectivity index (χ0) is 19.3. The summed E-state index contributed by atoms with van der Waals surface area (Å²) in [7, 11) is 0. The smallest absolute Gasteiger partial charge is 0.302 e. The maximum Gasteiger partial charge on any atom is 0.302 e. The molecule has 1 heterocycles. The van der Waals surface area contributed by atoms with Gasteiger partial charge in [0, 0.05) is 26.6 Å². The Bertz CT molecular complexity index is 667. The molecule has 3 N–H and O–H groups in total. The fourth-order valence-electron chi connectivity index (χ4n) is 2.79. The molecule has 144 valence electrons. The summed E-state index contributed by atoms with van der Waals surface area (Å²) < 4.78 is 19.2. The number of likely N-dealkylation sites (tertiary alicyclic amines) is 1. The molecule has 26 heavy (non-hydrogen) atoms. The van der Waals surface area contributed by atoms with Crippen LogP contribution in [0.4, 0.5) is 10.1 Å². The van der Waals surface area contributed by atoms with Crippen LogP contribution in [0, 0.1) is 5.82 Å². The Balaban J connectivity index is 1.78. The molecule has 0 aromatic heterocycles. The average molecular weight is 406 g/mol. The summed E-state index contributed by atoms with van der Waals surface area (Å²) in [6.07, 6.45) is 1.90. The van der Waals surface area contributed by atoms with E-state index in [1.165, 1.54) is 19.1 Å². The van der Waals surface area contributed by atoms with Crippen LogP contribution in [0.2, 0.25) is 10.0 Å². The highest BCUT2D eigenvalue weighted by atomic mass is 35.5. The number of ether oxygens (including phenoxy) is 1. The molecule has 1 saturated heterocycles. The Kier molecular flexibility index (Phi) is 7.64. The molecule has 9 heteroatoms. The molecule has 1 aromatic rings. The lowest BCUT2D eigenvalue weighted by molar-refractivity contribution is -0.148. The molecule has 0 spiro atoms. The Morgan fingerprint density at radius 3 is 2.65 bits per heavy atom. The number of nitrogens with zero attached hydrogens (tertiary/aromatic N) is 1. The number of carbonyl (C=O) groups is 2. The molecule has 0 aliphatic carbocycles. The highest BCUT2D eigenvalue weighted by Gasteiger charge is 2.23. The molecule has 1 aromatic carbocycles. The lowest BCUT2D eigenvalue weighted by Gasteiger charge is -2.31. The SMILES string of the molecule is CC(=O)OC1CCN(CCC(N)C(=O)Nc2ccc(Cl)c(Cl)c2F)CC1. The first kappa shape index (κ1) is 20.9. The summed E-state index contributed by atoms with van der Waals surface area (Å²) in [5.74, 6) is -1.54. The van der Waals surface area contributed by atoms with E-state index in [1.807, 2.05) is 0 Å². The van der Waals surface area contributed by atoms with Gasteiger partial charge in [-0.3, -0.25) is 9.59 Å². The van der Waals surface area contributed by atoms with Crippen LogP contribution in [-0.2, 0) is 14.3 Å². The average Bonchev–Trinajstić information content (AvgIpc) is 2.60. The first-order chi connectivity index (χ1) is 12.3. The number of piperidine rings is 1. The topological polar surface area (TPSA) is 84.7 Å². The number of amides is 1. The van der Waals surface area contributed by atoms with Gasteiger partial charge in [-0.15, -0.1) is 0 Å². The Hall–Kier alpha value is -1.41. The van der Waals surface area contributed by atoms with Gasteiger partial charge in [-0.25, -0.2) is 4.39 Å². The van der Waals surface area contributed by atoms with E-state index in [4.69, 9.17) is 33.7 Å². The van der Waals surface area contributed by atoms with E-state index in [2.05, 4.69) is 10.2 Å². The van der Waals surface area contributed by atoms with Gasteiger partial charge in [0.25, 0.3) is 0 Å². The molecule has 2 rings (SSSR count). The van der Waals surface area contributed by atoms with Crippen molar-refractivity contribution in [2.75, 3.05) is 25.0 Å². The van der Waals surface area contributed by atoms with Gasteiger partial charge in [0.05, 0.1) is 21.8 Å². The van der Waals surface area contributed by atoms with Gasteiger partial charge < -0.3 is 20.7 Å². The van der Waals surface area contributed by atoms with Crippen molar-refractivity contribution >= 4 is 40.8 Å². The highest BCUT2D eigenvalue weighted by molar-refractivity contribution is 6.42. The number of carbonyl (C=O) groups excluding carboxylic acids is 2. The van der Waals surface area contributed by atoms with Crippen molar-refractivity contribution in [3.63, 3.8) is 0 Å². The number of anilines is 1. The molecule has 1 amide bonds. The molecular weight excluding hydrogens is 384 g/mol. The third kappa shape index (κ3) is 5.81. The summed E-state index contributed by atoms with van der Waals surface area (Å²) in [5, 5.41) is 2.27. The van der Waals surface area contributed by atoms with E-state index in [0.717, 1.165) is 25.9 Å². The van der Waals surface area contributed by atoms with Gasteiger partial charge in [0.1, 0.15) is 6.10 Å². The molecule has 1 aliphatic rings. The van der Waals surface area contributed by atoms with Gasteiger partial charge in [0.15, 0.2) is 5.82 Å². The quantitative estimate of drug-likeness (QED) is 0.561. The zero-order valence-corrected chi connectivity index (χ0v) is 15.9. The number of nitrogens with one attached hydrogen (secondary N) is 1. The van der Waals surface area contributed by atoms with Crippen molar-refractivity contribution in [1.29, 1.82) is 0 Å². The van der Waals surface area contributed by atoms with Crippen LogP contribution in [0.15, 0.2) is 12.1 Å². The molecule has 1 atom stereocenters. The number of rotatable bonds is 6. The summed E-state index contributed by atoms with van der Waals surface area (Å²) in [6, 6.07) is 1.96. The minimum Gasteiger partial charge on any atom is -0.462 e. The van der Waals surface area contributed by atoms with Crippen LogP contribution in [0.1, 0.15) is 26.2 Å². The largest absolute Gasteiger partial charge is 0.462 e. The van der Waals surface area contributed by atoms with Gasteiger partial charge in [-0.05, 0) is 31.4 Å². The molecule has 1 unspecified atom stereocenters. The summed E-state index contributed by atoms with van der Waals surface area (Å²) >= 11 is 11.4. The van der Waals surface area contributed by atoms with Crippen LogP contribution in [0.3, 0.4) is 0 Å². The van der Waals surface area contributed by atoms with Gasteiger partial charge in [-0.1, -0.05) is 23.2 Å². The molecule has 6 nitrogen and oxygen atoms in total. The monoisotopic (exact) mass is 405 g/mol. The fraction of sp³-hybridized carbons (Fsp3) is 0.529. The Morgan fingerprint density at radius 1 is 1.38 bits per heavy atom. The van der Waals surface area contributed by atoms with Crippen molar-refractivity contribution in [2.24, 2.45) is 5.73 Å². The van der Waals surface area contributed by atoms with Gasteiger partial charge >= 0.3 is 5.97 Å². The van der Waals surface area contributed by atoms with Crippen molar-refractivity contribution in [3.8, 4) is 0 Å². The molecule has 0 saturated carbocycles. The van der Waals surface area contributed by atoms with E-state index in [-0.39, 0.29) is 27.8 Å². The van der Waals surface area contributed by atoms with E-state index in [1.54, 1.807) is 0 Å². The summed E-state index contributed by atoms with van der Waals surface area (Å²) in [4.78, 5) is 25.3. The highest BCUT2D eigenvalue weighted by Crippen LogP contribution is 2.29. The minimum atomic E-state index is -0.785. The number of benzene rings is 1. The number of esters is 1. The second-order valence-electron chi connectivity index (χ2n) is 6.26. The molecule has 1 aliphatic heterocycles. The van der Waals surface area contributed by atoms with E-state index in [0.29, 0.717) is 13.0 Å². The first-order valence-corrected chi connectivity index (χ1v) is 9.13. The van der Waals surface area contributed by atoms with Crippen molar-refractivity contribution < 1.29 is 18.7 Å². The predicted molar refractivity (Wildman–Crippen MR) is 98.9 cm³/mol. The van der Waals surface area contributed by atoms with Crippen molar-refractivity contribution in [1.82, 2.24) is 4.90 Å². The van der Waals surface area contributed by atoms with E-state index in [9.17, 15) is 14.0 Å². The van der Waals surface area contributed by atoms with Crippen LogP contribution in [0.5, 0.6) is 0 Å². The third-order valence-corrected chi connectivity index (χ3v) is 5.03. The van der Waals surface area contributed by atoms with E-state index >= 15 is 0 Å². The minimum absolute atomic E-state index is 0.0432. The Labute approximate surface area is 161 Å². The molecule has 1 fully saturated rings. The van der Waals surface area contributed by atoms with E-state index < -0.39 is 17.8 Å². The second-order valence-corrected chi connectivity index (χ2v) is 7.04. The van der Waals surface area contributed by atoms with Crippen LogP contribution in [-0.4, -0.2) is 48.6 Å². The molecule has 0 bridgehead atoms. The molecular formula is C17H22Cl2FN3O3. The standard InChI is InChI=1S/C17H22Cl2FN3O3/c1-10(24)26-11-4-7-23(8-5-11)9-6-13(21)17(25)22-14-3-2-12(18)15(19)16(14)20/h2-3,11,13H,4-9,21H2,1H3,(H,22,25). The maximum atomic E-state index is 14.0. The predicted octanol–water partition coefficient (Wildman–Crippen LogP) is 2.82. The van der Waals surface area contributed by atoms with Crippen LogP contribution in [0.25, 0.3) is 0 Å². The summed E-state index contributed by atoms with van der Waals surface area (Å²) in [6.45, 7) is 3.58. The van der Waals surface area contributed by atoms with Crippen molar-refractivity contribution in [2.45, 2.75) is 38.3 Å². The number of hydrogen-bond acceptors (Lipinski definition) is 5. The second kappa shape index (κ2) is 9.50. The maximum absolute atomic E-state index is 14.0. The third-order valence-electron chi connectivity index (χ3n) is 4.25. The van der Waals surface area contributed by atoms with Crippen LogP contribution >= 0.6 is 23.2 Å². The lowest BCUT2D eigenvalue weighted by atomic mass is 10.1. The Morgan fingerprint density at radius 2 is 2.04 bits per heavy atom. The van der Waals surface area contributed by atoms with Crippen molar-refractivity contribution in [3.05, 3.63) is 28.0 Å². The molecule has 0 radical (unpaired) electrons. The van der Waals surface area contributed by atoms with Gasteiger partial charge in [-0.2, -0.15) is 0 Å². The normalized spacial score (nSPS) is 17.0. The summed E-state index contributed by atoms with van der Waals surface area (Å²) in [5.41, 5.74) is 5.85. The number of halogens is 3. The fourth-order valence-corrected chi connectivity index (χ4v) is 3.10.